The molecule has 0 saturated carbocycles. The second-order valence-electron chi connectivity index (χ2n) is 34.6. The van der Waals surface area contributed by atoms with Gasteiger partial charge < -0.3 is 68.1 Å². The lowest BCUT2D eigenvalue weighted by Gasteiger charge is -2.49. The average Bonchev–Trinajstić information content (AvgIpc) is 1.73. The Kier molecular flexibility index (Phi) is 44.7. The van der Waals surface area contributed by atoms with Crippen molar-refractivity contribution < 1.29 is 87.9 Å². The number of nitrogens with one attached hydrogen (secondary N) is 13. The molecular weight excluding hydrogens is 2110 g/mol. The minimum atomic E-state index is -1.26. The summed E-state index contributed by atoms with van der Waals surface area (Å²) in [5, 5.41) is 87.4. The van der Waals surface area contributed by atoms with E-state index < -0.39 is 110 Å². The van der Waals surface area contributed by atoms with Crippen molar-refractivity contribution in [2.24, 2.45) is 37.2 Å². The van der Waals surface area contributed by atoms with E-state index in [1.807, 2.05) is 125 Å². The fourth-order valence-corrected chi connectivity index (χ4v) is 28.3. The van der Waals surface area contributed by atoms with Gasteiger partial charge in [0.05, 0.1) is 28.7 Å². The number of aromatic amines is 1. The number of rotatable bonds is 36. The second kappa shape index (κ2) is 54.5. The number of nitrogens with zero attached hydrogens (tertiary/aromatic N) is 15. The Labute approximate surface area is 879 Å². The molecule has 10 aliphatic rings. The number of aryl methyl sites for hydroxylation is 3. The number of amides is 8. The molecule has 8 unspecified atom stereocenters. The summed E-state index contributed by atoms with van der Waals surface area (Å²) in [7, 11) is 3.29. The average molecular weight is 2230 g/mol. The number of carbonyl (C=O) groups is 13. The van der Waals surface area contributed by atoms with Crippen molar-refractivity contribution in [3.05, 3.63) is 76.4 Å². The van der Waals surface area contributed by atoms with Crippen LogP contribution in [0.2, 0.25) is 0 Å². The summed E-state index contributed by atoms with van der Waals surface area (Å²) in [6.45, 7) is 35.0. The van der Waals surface area contributed by atoms with Gasteiger partial charge in [-0.15, -0.1) is 79.7 Å². The summed E-state index contributed by atoms with van der Waals surface area (Å²) < 4.78 is 2.16. The van der Waals surface area contributed by atoms with Crippen LogP contribution in [0.1, 0.15) is 121 Å². The number of aliphatic imine (C=N–C) groups is 4. The molecule has 0 aromatic carbocycles. The fraction of sp³-hybridized carbons (Fsp3) is 0.598. The maximum Gasteiger partial charge on any atom is 0.352 e. The van der Waals surface area contributed by atoms with E-state index in [4.69, 9.17) is 5.11 Å². The maximum absolute atomic E-state index is 12.9. The van der Waals surface area contributed by atoms with Crippen molar-refractivity contribution in [3.8, 4) is 0 Å². The number of hydrazine groups is 4. The number of thiazole rings is 1. The number of thioether (sulfide) groups is 12. The van der Waals surface area contributed by atoms with Gasteiger partial charge >= 0.3 is 41.0 Å². The third kappa shape index (κ3) is 32.9. The summed E-state index contributed by atoms with van der Waals surface area (Å²) in [6.07, 6.45) is 0. The van der Waals surface area contributed by atoms with Gasteiger partial charge in [0, 0.05) is 113 Å². The van der Waals surface area contributed by atoms with Crippen molar-refractivity contribution in [1.82, 2.24) is 114 Å². The molecule has 786 valence electrons. The van der Waals surface area contributed by atoms with E-state index in [1.165, 1.54) is 154 Å². The number of aromatic nitrogens is 4. The first-order valence-electron chi connectivity index (χ1n) is 44.6. The largest absolute Gasteiger partial charge is 0.480 e. The molecule has 48 nitrogen and oxygen atoms in total. The van der Waals surface area contributed by atoms with Crippen LogP contribution in [0, 0.1) is 13.8 Å². The molecule has 12 rings (SSSR count). The lowest BCUT2D eigenvalue weighted by Crippen LogP contribution is -2.70. The number of β-lactam (4-membered cyclic amide) rings is 4. The molecule has 2 aromatic heterocycles. The number of carboxylic acid groups (broad SMARTS) is 5. The van der Waals surface area contributed by atoms with Gasteiger partial charge in [-0.1, -0.05) is 94.1 Å². The third-order valence-corrected chi connectivity index (χ3v) is 34.3. The van der Waals surface area contributed by atoms with Crippen molar-refractivity contribution in [2.75, 3.05) is 82.6 Å². The topological polar surface area (TPSA) is 642 Å². The van der Waals surface area contributed by atoms with Gasteiger partial charge in [0.25, 0.3) is 23.6 Å². The van der Waals surface area contributed by atoms with E-state index >= 15 is 0 Å². The molecule has 4 fully saturated rings. The Balaban J connectivity index is 0.000000213. The van der Waals surface area contributed by atoms with Gasteiger partial charge in [0.1, 0.15) is 75.0 Å². The molecule has 12 heterocycles. The lowest BCUT2D eigenvalue weighted by atomic mass is 10.0. The Bertz CT molecular complexity index is 5570. The van der Waals surface area contributed by atoms with E-state index in [2.05, 4.69) is 110 Å². The standard InChI is InChI=1S/C22H31N5O4S4.C21H29N7O6S3.C20H30N8O6S3.C19H30N8O4S3/c1-10(2)23-21(24-11(3)4)33-9-15(28)26-16-18(29)27-17(20(30)31)14(7-32-19(16)27)8-34-22-25-12(5)13(6)35-22;1-9(2)22-20(23-10(3)4)36-8-12(29)24-13-17(32)28-14(19(33)34)11(6-35-18(13)28)7-37-21-25-15(30)16(31)26-27(21)5;1-9(2)21-19(22-10(3)4)36-8-12(29)23-14-16(32)28-15(18(33)34)11(6-35-17(14)28)7-37-20-24-25-26-27(20)5-13(30)31;1-9(2)20-18(21-10(3)4)33-8-12(28)22-13-15(29)27-14(17(30)31)11(6-32-16(13)27)7-34-19-23-24-25-26(19)5/h10-11,16,19H,7-9H2,1-6H3,(H,23,24)(H,26,28)(H,30,31);9-10,13,18H,6-8H2,1-5H3,(H,22,23)(H,24,29)(H,26,31)(H,33,34);9-10,14,17,25-26H,5-8H2,1-4H3,(H,21,22)(H,23,29)(H,30,31)(H,33,34);9-10,13,16,24-25H,6-8H2,1-5H3,(H,20,21)(H,22,28)(H,30,31). The Hall–Kier alpha value is -9.15. The van der Waals surface area contributed by atoms with Crippen LogP contribution in [0.5, 0.6) is 0 Å². The van der Waals surface area contributed by atoms with E-state index in [1.54, 1.807) is 23.4 Å². The van der Waals surface area contributed by atoms with Crippen LogP contribution < -0.4 is 75.8 Å². The Morgan fingerprint density at radius 3 is 1.00 bits per heavy atom. The van der Waals surface area contributed by atoms with Crippen LogP contribution in [-0.4, -0.2) is 360 Å². The SMILES string of the molecule is CC(C)N=C(NC(C)C)SCC(=O)NC1C(=O)N2C(C(=O)O)=C(CSC3=NNNN3C)CSC12.CC(C)N=C(NC(C)C)SCC(=O)NC1C(=O)N2C(C(=O)O)=C(CSC3=NNNN3CC(=O)O)CSC12.CC(C)N=C(NC(C)C)SCC(=O)NC1C(=O)N2C(C(=O)O)=C(CSc3nc(=O)c(=O)[nH]n3C)CSC12.Cc1nc(SCC2=C(C(=O)O)N3C(=O)C(NC(=O)CSC(=NC(C)C)NC(C)C)C3SC2)sc1C. The highest BCUT2D eigenvalue weighted by Gasteiger charge is 2.58. The Morgan fingerprint density at radius 2 is 0.720 bits per heavy atom. The lowest BCUT2D eigenvalue weighted by molar-refractivity contribution is -0.150. The van der Waals surface area contributed by atoms with E-state index in [9.17, 15) is 92.3 Å². The summed E-state index contributed by atoms with van der Waals surface area (Å²) >= 11 is 17.4. The number of hydrazone groups is 2. The van der Waals surface area contributed by atoms with Gasteiger partial charge in [0.2, 0.25) is 28.8 Å². The quantitative estimate of drug-likeness (QED) is 0.0153. The van der Waals surface area contributed by atoms with E-state index in [-0.39, 0.29) is 141 Å². The predicted octanol–water partition coefficient (Wildman–Crippen LogP) is 2.69. The molecule has 0 spiro atoms. The van der Waals surface area contributed by atoms with Crippen LogP contribution in [0.3, 0.4) is 0 Å². The van der Waals surface area contributed by atoms with Crippen LogP contribution in [0.15, 0.2) is 94.3 Å². The molecule has 0 aliphatic carbocycles. The predicted molar refractivity (Wildman–Crippen MR) is 570 cm³/mol. The number of hydrogen-bond acceptors (Lipinski definition) is 42. The minimum Gasteiger partial charge on any atom is -0.480 e. The van der Waals surface area contributed by atoms with Gasteiger partial charge in [0.15, 0.2) is 35.3 Å². The first kappa shape index (κ1) is 117. The normalized spacial score (nSPS) is 21.0. The molecular formula is C82H120N28O20S13. The summed E-state index contributed by atoms with van der Waals surface area (Å²) in [6, 6.07) is -2.19. The van der Waals surface area contributed by atoms with Crippen LogP contribution in [0.25, 0.3) is 0 Å². The van der Waals surface area contributed by atoms with Crippen molar-refractivity contribution in [1.29, 1.82) is 0 Å². The van der Waals surface area contributed by atoms with Crippen LogP contribution >= 0.6 is 152 Å². The molecule has 18 N–H and O–H groups in total. The monoisotopic (exact) mass is 2230 g/mol. The molecule has 61 heteroatoms. The Morgan fingerprint density at radius 1 is 0.420 bits per heavy atom. The van der Waals surface area contributed by atoms with E-state index in [0.29, 0.717) is 87.8 Å². The molecule has 2 aromatic rings. The smallest absolute Gasteiger partial charge is 0.352 e. The molecule has 0 radical (unpaired) electrons. The third-order valence-electron chi connectivity index (χ3n) is 19.7. The van der Waals surface area contributed by atoms with Crippen molar-refractivity contribution in [3.63, 3.8) is 0 Å². The van der Waals surface area contributed by atoms with Crippen LogP contribution in [0.4, 0.5) is 0 Å². The second-order valence-corrected chi connectivity index (χ2v) is 48.1. The number of carbonyl (C=O) groups excluding carboxylic acids is 8. The zero-order valence-corrected chi connectivity index (χ0v) is 92.4. The minimum absolute atomic E-state index is 0.00391. The first-order valence-corrected chi connectivity index (χ1v) is 57.5. The van der Waals surface area contributed by atoms with Crippen molar-refractivity contribution >= 4 is 261 Å². The highest BCUT2D eigenvalue weighted by Crippen LogP contribution is 2.46. The molecule has 4 saturated heterocycles. The molecule has 8 amide bonds. The van der Waals surface area contributed by atoms with Gasteiger partial charge in [-0.2, -0.15) is 4.98 Å². The summed E-state index contributed by atoms with van der Waals surface area (Å²) in [5.41, 5.74) is 11.7. The number of carboxylic acids is 5. The number of amidine groups is 6. The maximum atomic E-state index is 12.9. The van der Waals surface area contributed by atoms with Crippen LogP contribution in [-0.2, 0) is 69.4 Å². The summed E-state index contributed by atoms with van der Waals surface area (Å²) in [5.74, 6) is -5.81. The molecule has 8 atom stereocenters. The van der Waals surface area contributed by atoms with Gasteiger partial charge in [-0.25, -0.2) is 35.2 Å². The summed E-state index contributed by atoms with van der Waals surface area (Å²) in [4.78, 5) is 216. The molecule has 10 aliphatic heterocycles. The fourth-order valence-electron chi connectivity index (χ4n) is 13.7. The molecule has 143 heavy (non-hydrogen) atoms. The number of fused-ring (bicyclic) bond motifs is 4. The number of hydrogen-bond donors (Lipinski definition) is 18. The zero-order chi connectivity index (χ0) is 106. The van der Waals surface area contributed by atoms with Gasteiger partial charge in [-0.05, 0) is 147 Å². The highest BCUT2D eigenvalue weighted by atomic mass is 32.2. The number of aliphatic carboxylic acids is 5. The molecule has 0 bridgehead atoms. The highest BCUT2D eigenvalue weighted by molar-refractivity contribution is 8.15. The van der Waals surface area contributed by atoms with Crippen molar-refractivity contribution in [2.45, 2.75) is 228 Å². The van der Waals surface area contributed by atoms with Gasteiger partial charge in [-0.3, -0.25) is 112 Å². The number of H-pyrrole nitrogens is 1. The zero-order valence-electron chi connectivity index (χ0n) is 81.8. The van der Waals surface area contributed by atoms with E-state index in [0.717, 1.165) is 38.4 Å². The first-order chi connectivity index (χ1) is 67.4.